The molecule has 0 fully saturated rings. The first kappa shape index (κ1) is 17.2. The Labute approximate surface area is 168 Å². The first-order valence-electron chi connectivity index (χ1n) is 9.53. The zero-order chi connectivity index (χ0) is 19.5. The number of hydrogen-bond donors (Lipinski definition) is 1. The van der Waals surface area contributed by atoms with Gasteiger partial charge < -0.3 is 9.72 Å². The van der Waals surface area contributed by atoms with E-state index in [4.69, 9.17) is 4.74 Å². The minimum atomic E-state index is 0.538. The summed E-state index contributed by atoms with van der Waals surface area (Å²) in [6.07, 6.45) is 3.59. The number of aromatic amines is 1. The predicted octanol–water partition coefficient (Wildman–Crippen LogP) is 5.87. The number of H-pyrrole nitrogens is 1. The van der Waals surface area contributed by atoms with E-state index in [-0.39, 0.29) is 0 Å². The molecule has 2 aromatic heterocycles. The lowest BCUT2D eigenvalue weighted by atomic mass is 10.0. The minimum Gasteiger partial charge on any atom is -0.489 e. The molecule has 140 valence electrons. The van der Waals surface area contributed by atoms with Crippen LogP contribution in [0.3, 0.4) is 0 Å². The molecule has 3 aromatic carbocycles. The summed E-state index contributed by atoms with van der Waals surface area (Å²) in [5.74, 6) is 0.832. The predicted molar refractivity (Wildman–Crippen MR) is 116 cm³/mol. The van der Waals surface area contributed by atoms with Crippen LogP contribution in [0.2, 0.25) is 0 Å². The second kappa shape index (κ2) is 7.60. The Kier molecular flexibility index (Phi) is 4.51. The quantitative estimate of drug-likeness (QED) is 0.417. The Bertz CT molecular complexity index is 1250. The number of fused-ring (bicyclic) bond motifs is 1. The van der Waals surface area contributed by atoms with Gasteiger partial charge in [-0.1, -0.05) is 72.8 Å². The van der Waals surface area contributed by atoms with E-state index < -0.39 is 0 Å². The van der Waals surface area contributed by atoms with Gasteiger partial charge in [-0.05, 0) is 23.3 Å². The lowest BCUT2D eigenvalue weighted by molar-refractivity contribution is 0.306. The van der Waals surface area contributed by atoms with Gasteiger partial charge in [-0.15, -0.1) is 0 Å². The molecule has 0 radical (unpaired) electrons. The van der Waals surface area contributed by atoms with Crippen LogP contribution in [-0.2, 0) is 6.61 Å². The van der Waals surface area contributed by atoms with Gasteiger partial charge in [0, 0.05) is 17.3 Å². The summed E-state index contributed by atoms with van der Waals surface area (Å²) in [4.78, 5) is 12.3. The molecule has 5 aromatic rings. The normalized spacial score (nSPS) is 10.9. The number of nitrogens with one attached hydrogen (secondary N) is 1. The average Bonchev–Trinajstić information content (AvgIpc) is 3.24. The van der Waals surface area contributed by atoms with E-state index in [2.05, 4.69) is 51.4 Å². The first-order valence-corrected chi connectivity index (χ1v) is 9.53. The molecule has 4 heteroatoms. The highest BCUT2D eigenvalue weighted by molar-refractivity contribution is 6.02. The molecule has 0 atom stereocenters. The van der Waals surface area contributed by atoms with Crippen molar-refractivity contribution in [2.75, 3.05) is 0 Å². The molecule has 0 saturated carbocycles. The molecule has 4 nitrogen and oxygen atoms in total. The highest BCUT2D eigenvalue weighted by Crippen LogP contribution is 2.35. The third kappa shape index (κ3) is 3.48. The monoisotopic (exact) mass is 377 g/mol. The van der Waals surface area contributed by atoms with E-state index in [0.717, 1.165) is 44.7 Å². The van der Waals surface area contributed by atoms with Crippen molar-refractivity contribution in [2.45, 2.75) is 6.61 Å². The summed E-state index contributed by atoms with van der Waals surface area (Å²) >= 11 is 0. The maximum Gasteiger partial charge on any atom is 0.141 e. The van der Waals surface area contributed by atoms with Crippen LogP contribution in [0.1, 0.15) is 5.56 Å². The van der Waals surface area contributed by atoms with Crippen LogP contribution >= 0.6 is 0 Å². The van der Waals surface area contributed by atoms with Crippen molar-refractivity contribution < 1.29 is 4.74 Å². The van der Waals surface area contributed by atoms with Crippen LogP contribution < -0.4 is 4.74 Å². The molecular formula is C25H19N3O. The van der Waals surface area contributed by atoms with Gasteiger partial charge >= 0.3 is 0 Å². The van der Waals surface area contributed by atoms with Gasteiger partial charge in [0.15, 0.2) is 0 Å². The largest absolute Gasteiger partial charge is 0.489 e. The molecule has 0 aliphatic heterocycles. The van der Waals surface area contributed by atoms with Crippen molar-refractivity contribution in [1.82, 2.24) is 15.0 Å². The van der Waals surface area contributed by atoms with Crippen molar-refractivity contribution in [2.24, 2.45) is 0 Å². The number of aromatic nitrogens is 3. The fourth-order valence-corrected chi connectivity index (χ4v) is 3.50. The third-order valence-electron chi connectivity index (χ3n) is 4.91. The third-order valence-corrected chi connectivity index (χ3v) is 4.91. The lowest BCUT2D eigenvalue weighted by Crippen LogP contribution is -1.95. The van der Waals surface area contributed by atoms with Gasteiger partial charge in [0.2, 0.25) is 0 Å². The number of rotatable bonds is 5. The molecule has 0 amide bonds. The highest BCUT2D eigenvalue weighted by atomic mass is 16.5. The topological polar surface area (TPSA) is 50.8 Å². The summed E-state index contributed by atoms with van der Waals surface area (Å²) in [7, 11) is 0. The van der Waals surface area contributed by atoms with Gasteiger partial charge in [0.05, 0.1) is 11.1 Å². The Hall–Kier alpha value is -3.92. The van der Waals surface area contributed by atoms with Crippen LogP contribution in [0.25, 0.3) is 33.4 Å². The van der Waals surface area contributed by atoms with Crippen LogP contribution in [0, 0.1) is 0 Å². The zero-order valence-corrected chi connectivity index (χ0v) is 15.7. The summed E-state index contributed by atoms with van der Waals surface area (Å²) in [5, 5.41) is 1.01. The summed E-state index contributed by atoms with van der Waals surface area (Å²) in [5.41, 5.74) is 6.08. The smallest absolute Gasteiger partial charge is 0.141 e. The van der Waals surface area contributed by atoms with Crippen molar-refractivity contribution in [1.29, 1.82) is 0 Å². The molecule has 0 spiro atoms. The van der Waals surface area contributed by atoms with Crippen molar-refractivity contribution in [3.05, 3.63) is 103 Å². The average molecular weight is 377 g/mol. The number of hydrogen-bond acceptors (Lipinski definition) is 3. The van der Waals surface area contributed by atoms with Gasteiger partial charge in [0.25, 0.3) is 0 Å². The fourth-order valence-electron chi connectivity index (χ4n) is 3.50. The van der Waals surface area contributed by atoms with Crippen molar-refractivity contribution >= 4 is 11.0 Å². The van der Waals surface area contributed by atoms with Crippen LogP contribution in [0.4, 0.5) is 0 Å². The molecule has 0 aliphatic carbocycles. The summed E-state index contributed by atoms with van der Waals surface area (Å²) in [6.45, 7) is 0.538. The Morgan fingerprint density at radius 3 is 2.34 bits per heavy atom. The van der Waals surface area contributed by atoms with Crippen LogP contribution in [0.15, 0.2) is 97.5 Å². The molecule has 0 aliphatic rings. The highest BCUT2D eigenvalue weighted by Gasteiger charge is 2.14. The van der Waals surface area contributed by atoms with E-state index in [0.29, 0.717) is 6.61 Å². The van der Waals surface area contributed by atoms with Crippen molar-refractivity contribution in [3.8, 4) is 28.1 Å². The SMILES string of the molecule is c1ccc(COc2cccc(-c3c[nH]c4ncnc(-c5ccccc5)c34)c2)cc1. The Morgan fingerprint density at radius 2 is 1.52 bits per heavy atom. The first-order chi connectivity index (χ1) is 14.4. The maximum atomic E-state index is 6.02. The van der Waals surface area contributed by atoms with Gasteiger partial charge in [-0.2, -0.15) is 0 Å². The van der Waals surface area contributed by atoms with E-state index >= 15 is 0 Å². The van der Waals surface area contributed by atoms with Gasteiger partial charge in [-0.3, -0.25) is 0 Å². The molecular weight excluding hydrogens is 358 g/mol. The molecule has 2 heterocycles. The van der Waals surface area contributed by atoms with E-state index in [9.17, 15) is 0 Å². The van der Waals surface area contributed by atoms with Crippen molar-refractivity contribution in [3.63, 3.8) is 0 Å². The molecule has 5 rings (SSSR count). The molecule has 0 unspecified atom stereocenters. The van der Waals surface area contributed by atoms with Crippen LogP contribution in [-0.4, -0.2) is 15.0 Å². The van der Waals surface area contributed by atoms with E-state index in [1.807, 2.05) is 54.7 Å². The van der Waals surface area contributed by atoms with Gasteiger partial charge in [-0.25, -0.2) is 9.97 Å². The van der Waals surface area contributed by atoms with Gasteiger partial charge in [0.1, 0.15) is 24.3 Å². The molecule has 0 bridgehead atoms. The second-order valence-electron chi connectivity index (χ2n) is 6.82. The number of ether oxygens (including phenoxy) is 1. The summed E-state index contributed by atoms with van der Waals surface area (Å²) in [6, 6.07) is 28.5. The zero-order valence-electron chi connectivity index (χ0n) is 15.7. The second-order valence-corrected chi connectivity index (χ2v) is 6.82. The molecule has 29 heavy (non-hydrogen) atoms. The molecule has 0 saturated heterocycles. The summed E-state index contributed by atoms with van der Waals surface area (Å²) < 4.78 is 6.02. The minimum absolute atomic E-state index is 0.538. The Morgan fingerprint density at radius 1 is 0.759 bits per heavy atom. The standard InChI is InChI=1S/C25H19N3O/c1-3-8-18(9-4-1)16-29-21-13-7-12-20(14-21)22-15-26-25-23(22)24(27-17-28-25)19-10-5-2-6-11-19/h1-15,17H,16H2,(H,26,27,28). The van der Waals surface area contributed by atoms with E-state index in [1.54, 1.807) is 6.33 Å². The van der Waals surface area contributed by atoms with E-state index in [1.165, 1.54) is 0 Å². The Balaban J connectivity index is 1.53. The lowest BCUT2D eigenvalue weighted by Gasteiger charge is -2.09. The fraction of sp³-hybridized carbons (Fsp3) is 0.0400. The number of benzene rings is 3. The van der Waals surface area contributed by atoms with Crippen LogP contribution in [0.5, 0.6) is 5.75 Å². The number of nitrogens with zero attached hydrogens (tertiary/aromatic N) is 2. The molecule has 1 N–H and O–H groups in total. The maximum absolute atomic E-state index is 6.02.